The fourth-order valence-corrected chi connectivity index (χ4v) is 4.29. The molecule has 2 aromatic rings. The summed E-state index contributed by atoms with van der Waals surface area (Å²) >= 11 is 3.79. The summed E-state index contributed by atoms with van der Waals surface area (Å²) < 4.78 is 1.51. The lowest BCUT2D eigenvalue weighted by atomic mass is 10.0. The summed E-state index contributed by atoms with van der Waals surface area (Å²) in [5, 5.41) is 2.34. The Bertz CT molecular complexity index is 511. The fraction of sp³-hybridized carbons (Fsp3) is 0.286. The normalized spacial score (nSPS) is 14.1. The largest absolute Gasteiger partial charge is 0.136 e. The summed E-state index contributed by atoms with van der Waals surface area (Å²) in [4.78, 5) is 0. The van der Waals surface area contributed by atoms with Gasteiger partial charge in [-0.3, -0.25) is 0 Å². The average Bonchev–Trinajstić information content (AvgIpc) is 2.64. The Morgan fingerprint density at radius 1 is 1.12 bits per heavy atom. The third-order valence-corrected chi connectivity index (χ3v) is 5.44. The number of benzene rings is 1. The quantitative estimate of drug-likeness (QED) is 0.661. The first-order chi connectivity index (χ1) is 7.90. The second-order valence-electron chi connectivity index (χ2n) is 4.13. The topological polar surface area (TPSA) is 0 Å². The summed E-state index contributed by atoms with van der Waals surface area (Å²) in [6, 6.07) is 8.87. The molecular formula is C14H14S2. The molecule has 82 valence electrons. The molecule has 0 spiro atoms. The van der Waals surface area contributed by atoms with Crippen molar-refractivity contribution in [3.63, 3.8) is 0 Å². The molecule has 1 aliphatic carbocycles. The van der Waals surface area contributed by atoms with Crippen LogP contribution in [0.2, 0.25) is 0 Å². The van der Waals surface area contributed by atoms with Gasteiger partial charge in [-0.25, -0.2) is 0 Å². The lowest BCUT2D eigenvalue weighted by Crippen LogP contribution is -1.85. The monoisotopic (exact) mass is 246 g/mol. The van der Waals surface area contributed by atoms with Crippen molar-refractivity contribution >= 4 is 23.1 Å². The van der Waals surface area contributed by atoms with Crippen molar-refractivity contribution < 1.29 is 0 Å². The van der Waals surface area contributed by atoms with Crippen LogP contribution in [0.3, 0.4) is 0 Å². The second-order valence-corrected chi connectivity index (χ2v) is 6.08. The van der Waals surface area contributed by atoms with Gasteiger partial charge in [0.1, 0.15) is 0 Å². The van der Waals surface area contributed by atoms with Crippen LogP contribution in [0.25, 0.3) is 11.1 Å². The molecule has 0 bridgehead atoms. The molecule has 2 heteroatoms. The van der Waals surface area contributed by atoms with E-state index in [9.17, 15) is 0 Å². The maximum atomic E-state index is 2.34. The SMILES string of the molecule is CSc1scc2c1CCCc1ccccc1-2. The van der Waals surface area contributed by atoms with Crippen molar-refractivity contribution in [1.29, 1.82) is 0 Å². The van der Waals surface area contributed by atoms with Crippen LogP contribution in [0, 0.1) is 0 Å². The number of hydrogen-bond acceptors (Lipinski definition) is 2. The van der Waals surface area contributed by atoms with Crippen molar-refractivity contribution in [2.75, 3.05) is 6.26 Å². The number of thioether (sulfide) groups is 1. The van der Waals surface area contributed by atoms with E-state index in [2.05, 4.69) is 35.9 Å². The second kappa shape index (κ2) is 4.27. The van der Waals surface area contributed by atoms with Gasteiger partial charge >= 0.3 is 0 Å². The Balaban J connectivity index is 2.22. The molecular weight excluding hydrogens is 232 g/mol. The van der Waals surface area contributed by atoms with E-state index in [1.54, 1.807) is 5.56 Å². The first kappa shape index (κ1) is 10.4. The highest BCUT2D eigenvalue weighted by molar-refractivity contribution is 8.00. The Hall–Kier alpha value is -0.730. The smallest absolute Gasteiger partial charge is 0.0634 e. The molecule has 0 fully saturated rings. The van der Waals surface area contributed by atoms with Crippen LogP contribution >= 0.6 is 23.1 Å². The third-order valence-electron chi connectivity index (χ3n) is 3.22. The van der Waals surface area contributed by atoms with E-state index >= 15 is 0 Å². The van der Waals surface area contributed by atoms with Gasteiger partial charge in [-0.05, 0) is 47.8 Å². The maximum absolute atomic E-state index is 2.34. The summed E-state index contributed by atoms with van der Waals surface area (Å²) in [6.07, 6.45) is 5.93. The van der Waals surface area contributed by atoms with Crippen molar-refractivity contribution in [1.82, 2.24) is 0 Å². The number of thiophene rings is 1. The molecule has 0 radical (unpaired) electrons. The minimum atomic E-state index is 1.23. The molecule has 16 heavy (non-hydrogen) atoms. The first-order valence-electron chi connectivity index (χ1n) is 5.63. The van der Waals surface area contributed by atoms with Crippen LogP contribution in [0.5, 0.6) is 0 Å². The molecule has 0 atom stereocenters. The third kappa shape index (κ3) is 1.61. The van der Waals surface area contributed by atoms with Gasteiger partial charge in [0.25, 0.3) is 0 Å². The van der Waals surface area contributed by atoms with Crippen LogP contribution in [0.4, 0.5) is 0 Å². The van der Waals surface area contributed by atoms with E-state index in [4.69, 9.17) is 0 Å². The van der Waals surface area contributed by atoms with E-state index < -0.39 is 0 Å². The molecule has 0 nitrogen and oxygen atoms in total. The van der Waals surface area contributed by atoms with Gasteiger partial charge in [-0.1, -0.05) is 24.3 Å². The summed E-state index contributed by atoms with van der Waals surface area (Å²) in [5.41, 5.74) is 6.06. The summed E-state index contributed by atoms with van der Waals surface area (Å²) in [5.74, 6) is 0. The first-order valence-corrected chi connectivity index (χ1v) is 7.73. The maximum Gasteiger partial charge on any atom is 0.0634 e. The van der Waals surface area contributed by atoms with Crippen LogP contribution in [-0.2, 0) is 12.8 Å². The van der Waals surface area contributed by atoms with Crippen molar-refractivity contribution in [2.24, 2.45) is 0 Å². The lowest BCUT2D eigenvalue weighted by molar-refractivity contribution is 0.828. The lowest BCUT2D eigenvalue weighted by Gasteiger charge is -2.04. The van der Waals surface area contributed by atoms with Crippen LogP contribution in [0.15, 0.2) is 33.9 Å². The number of fused-ring (bicyclic) bond motifs is 3. The molecule has 0 N–H and O–H groups in total. The Kier molecular flexibility index (Phi) is 2.78. The molecule has 0 amide bonds. The minimum Gasteiger partial charge on any atom is -0.136 e. The Morgan fingerprint density at radius 3 is 2.88 bits per heavy atom. The van der Waals surface area contributed by atoms with E-state index in [0.29, 0.717) is 0 Å². The van der Waals surface area contributed by atoms with Gasteiger partial charge in [0.15, 0.2) is 0 Å². The molecule has 1 aromatic heterocycles. The van der Waals surface area contributed by atoms with E-state index in [1.807, 2.05) is 23.1 Å². The van der Waals surface area contributed by atoms with Crippen molar-refractivity contribution in [3.8, 4) is 11.1 Å². The summed E-state index contributed by atoms with van der Waals surface area (Å²) in [7, 11) is 0. The Morgan fingerprint density at radius 2 is 2.00 bits per heavy atom. The molecule has 1 aliphatic rings. The molecule has 0 saturated carbocycles. The fourth-order valence-electron chi connectivity index (χ4n) is 2.46. The zero-order valence-electron chi connectivity index (χ0n) is 9.32. The van der Waals surface area contributed by atoms with Crippen molar-refractivity contribution in [2.45, 2.75) is 23.5 Å². The summed E-state index contributed by atoms with van der Waals surface area (Å²) in [6.45, 7) is 0. The molecule has 0 unspecified atom stereocenters. The van der Waals surface area contributed by atoms with E-state index in [1.165, 1.54) is 40.2 Å². The average molecular weight is 246 g/mol. The van der Waals surface area contributed by atoms with E-state index in [-0.39, 0.29) is 0 Å². The zero-order chi connectivity index (χ0) is 11.0. The van der Waals surface area contributed by atoms with Gasteiger partial charge in [-0.15, -0.1) is 23.1 Å². The number of hydrogen-bond donors (Lipinski definition) is 0. The standard InChI is InChI=1S/C14H14S2/c1-15-14-12-8-4-6-10-5-2-3-7-11(10)13(12)9-16-14/h2-3,5,7,9H,4,6,8H2,1H3. The predicted molar refractivity (Wildman–Crippen MR) is 73.6 cm³/mol. The van der Waals surface area contributed by atoms with Gasteiger partial charge in [-0.2, -0.15) is 0 Å². The molecule has 0 saturated heterocycles. The highest BCUT2D eigenvalue weighted by Gasteiger charge is 2.17. The van der Waals surface area contributed by atoms with Crippen LogP contribution in [0.1, 0.15) is 17.5 Å². The molecule has 3 rings (SSSR count). The predicted octanol–water partition coefficient (Wildman–Crippen LogP) is 4.63. The highest BCUT2D eigenvalue weighted by atomic mass is 32.2. The number of rotatable bonds is 1. The van der Waals surface area contributed by atoms with Gasteiger partial charge in [0.2, 0.25) is 0 Å². The van der Waals surface area contributed by atoms with Gasteiger partial charge in [0, 0.05) is 5.38 Å². The molecule has 1 heterocycles. The van der Waals surface area contributed by atoms with Gasteiger partial charge < -0.3 is 0 Å². The van der Waals surface area contributed by atoms with E-state index in [0.717, 1.165) is 0 Å². The van der Waals surface area contributed by atoms with Crippen molar-refractivity contribution in [3.05, 3.63) is 40.8 Å². The van der Waals surface area contributed by atoms with Crippen LogP contribution < -0.4 is 0 Å². The molecule has 1 aromatic carbocycles. The minimum absolute atomic E-state index is 1.23. The molecule has 0 aliphatic heterocycles. The number of aryl methyl sites for hydroxylation is 1. The van der Waals surface area contributed by atoms with Crippen LogP contribution in [-0.4, -0.2) is 6.26 Å². The van der Waals surface area contributed by atoms with Gasteiger partial charge in [0.05, 0.1) is 4.21 Å². The zero-order valence-corrected chi connectivity index (χ0v) is 11.0. The Labute approximate surface area is 105 Å². The highest BCUT2D eigenvalue weighted by Crippen LogP contribution is 2.41.